The van der Waals surface area contributed by atoms with Crippen molar-refractivity contribution in [3.63, 3.8) is 0 Å². The highest BCUT2D eigenvalue weighted by Gasteiger charge is 2.45. The average molecular weight is 533 g/mol. The third kappa shape index (κ3) is 4.68. The Morgan fingerprint density at radius 2 is 1.91 bits per heavy atom. The highest BCUT2D eigenvalue weighted by molar-refractivity contribution is 7.09. The van der Waals surface area contributed by atoms with Crippen molar-refractivity contribution in [2.45, 2.75) is 38.3 Å². The van der Waals surface area contributed by atoms with Gasteiger partial charge in [0.05, 0.1) is 16.6 Å². The average Bonchev–Trinajstić information content (AvgIpc) is 3.59. The first-order valence-electron chi connectivity index (χ1n) is 11.1. The van der Waals surface area contributed by atoms with Crippen LogP contribution in [-0.4, -0.2) is 46.3 Å². The summed E-state index contributed by atoms with van der Waals surface area (Å²) >= 11 is 14.3. The van der Waals surface area contributed by atoms with Gasteiger partial charge < -0.3 is 19.6 Å². The number of nitrogens with zero attached hydrogens (tertiary/aromatic N) is 3. The Morgan fingerprint density at radius 3 is 2.60 bits per heavy atom. The molecule has 0 radical (unpaired) electrons. The molecule has 5 rings (SSSR count). The molecule has 1 fully saturated rings. The van der Waals surface area contributed by atoms with Gasteiger partial charge in [-0.15, -0.1) is 11.3 Å². The molecule has 0 bridgehead atoms. The van der Waals surface area contributed by atoms with Crippen LogP contribution in [0.4, 0.5) is 0 Å². The molecule has 4 heterocycles. The topological polar surface area (TPSA) is 97.0 Å². The molecule has 0 saturated carbocycles. The number of aryl methyl sites for hydroxylation is 1. The van der Waals surface area contributed by atoms with Crippen molar-refractivity contribution < 1.29 is 18.9 Å². The van der Waals surface area contributed by atoms with E-state index < -0.39 is 5.60 Å². The van der Waals surface area contributed by atoms with Crippen molar-refractivity contribution in [2.75, 3.05) is 13.1 Å². The maximum atomic E-state index is 13.5. The van der Waals surface area contributed by atoms with Gasteiger partial charge in [-0.3, -0.25) is 9.59 Å². The fourth-order valence-corrected chi connectivity index (χ4v) is 5.61. The minimum Gasteiger partial charge on any atom is -0.388 e. The number of likely N-dealkylation sites (tertiary alicyclic amines) is 1. The zero-order chi connectivity index (χ0) is 24.6. The van der Waals surface area contributed by atoms with Gasteiger partial charge in [-0.1, -0.05) is 45.6 Å². The normalized spacial score (nSPS) is 16.8. The first kappa shape index (κ1) is 23.8. The van der Waals surface area contributed by atoms with E-state index in [0.717, 1.165) is 4.88 Å². The lowest BCUT2D eigenvalue weighted by Gasteiger charge is -2.37. The van der Waals surface area contributed by atoms with Gasteiger partial charge >= 0.3 is 0 Å². The van der Waals surface area contributed by atoms with E-state index in [0.29, 0.717) is 77.2 Å². The van der Waals surface area contributed by atoms with Gasteiger partial charge in [0.2, 0.25) is 0 Å². The summed E-state index contributed by atoms with van der Waals surface area (Å²) in [5, 5.41) is 13.8. The number of piperidine rings is 1. The molecule has 3 aromatic rings. The SMILES string of the molecule is Cc1onc(-c2c(Cl)cccc2Cl)c1C(=O)N1CCC2(CC1)CC(C(=O)NCc1cccs1)=NO2. The van der Waals surface area contributed by atoms with Crippen molar-refractivity contribution in [1.29, 1.82) is 0 Å². The van der Waals surface area contributed by atoms with E-state index in [9.17, 15) is 9.59 Å². The summed E-state index contributed by atoms with van der Waals surface area (Å²) in [5.74, 6) is -0.0426. The van der Waals surface area contributed by atoms with E-state index in [1.807, 2.05) is 17.5 Å². The van der Waals surface area contributed by atoms with Crippen LogP contribution < -0.4 is 5.32 Å². The maximum Gasteiger partial charge on any atom is 0.269 e. The van der Waals surface area contributed by atoms with E-state index in [1.54, 1.807) is 41.4 Å². The Balaban J connectivity index is 1.24. The van der Waals surface area contributed by atoms with Gasteiger partial charge in [0, 0.05) is 42.8 Å². The smallest absolute Gasteiger partial charge is 0.269 e. The minimum absolute atomic E-state index is 0.211. The minimum atomic E-state index is -0.578. The molecule has 8 nitrogen and oxygen atoms in total. The molecule has 1 spiro atoms. The second-order valence-corrected chi connectivity index (χ2v) is 10.4. The van der Waals surface area contributed by atoms with Gasteiger partial charge in [-0.05, 0) is 30.5 Å². The second-order valence-electron chi connectivity index (χ2n) is 8.60. The van der Waals surface area contributed by atoms with Crippen molar-refractivity contribution in [2.24, 2.45) is 5.16 Å². The number of carbonyl (C=O) groups is 2. The molecule has 2 aliphatic rings. The fourth-order valence-electron chi connectivity index (χ4n) is 4.39. The first-order chi connectivity index (χ1) is 16.9. The molecular formula is C24H22Cl2N4O4S. The van der Waals surface area contributed by atoms with E-state index in [-0.39, 0.29) is 11.8 Å². The van der Waals surface area contributed by atoms with Crippen molar-refractivity contribution in [3.8, 4) is 11.3 Å². The predicted molar refractivity (Wildman–Crippen MR) is 134 cm³/mol. The zero-order valence-corrected chi connectivity index (χ0v) is 21.2. The van der Waals surface area contributed by atoms with Gasteiger partial charge in [0.1, 0.15) is 28.3 Å². The molecule has 1 N–H and O–H groups in total. The maximum absolute atomic E-state index is 13.5. The molecule has 1 saturated heterocycles. The summed E-state index contributed by atoms with van der Waals surface area (Å²) < 4.78 is 5.35. The number of amides is 2. The predicted octanol–water partition coefficient (Wildman–Crippen LogP) is 5.09. The number of hydrogen-bond acceptors (Lipinski definition) is 7. The summed E-state index contributed by atoms with van der Waals surface area (Å²) in [4.78, 5) is 34.6. The summed E-state index contributed by atoms with van der Waals surface area (Å²) in [6, 6.07) is 9.02. The van der Waals surface area contributed by atoms with Crippen LogP contribution in [0.5, 0.6) is 0 Å². The monoisotopic (exact) mass is 532 g/mol. The van der Waals surface area contributed by atoms with Gasteiger partial charge in [-0.2, -0.15) is 0 Å². The standard InChI is InChI=1S/C24H22Cl2N4O4S/c1-14-19(21(29-33-14)20-16(25)5-2-6-17(20)26)23(32)30-9-7-24(8-10-30)12-18(28-34-24)22(31)27-13-15-4-3-11-35-15/h2-6,11H,7-10,12-13H2,1H3,(H,27,31). The molecule has 2 aliphatic heterocycles. The van der Waals surface area contributed by atoms with Crippen LogP contribution in [0.1, 0.15) is 40.3 Å². The quantitative estimate of drug-likeness (QED) is 0.493. The molecule has 2 amide bonds. The third-order valence-electron chi connectivity index (χ3n) is 6.34. The zero-order valence-electron chi connectivity index (χ0n) is 18.8. The van der Waals surface area contributed by atoms with E-state index in [4.69, 9.17) is 32.6 Å². The summed E-state index contributed by atoms with van der Waals surface area (Å²) in [6.07, 6.45) is 1.52. The lowest BCUT2D eigenvalue weighted by atomic mass is 9.86. The van der Waals surface area contributed by atoms with Gasteiger partial charge in [0.15, 0.2) is 0 Å². The van der Waals surface area contributed by atoms with Crippen molar-refractivity contribution in [3.05, 3.63) is 62.0 Å². The molecule has 1 aromatic carbocycles. The number of benzene rings is 1. The summed E-state index contributed by atoms with van der Waals surface area (Å²) in [5.41, 5.74) is 0.939. The van der Waals surface area contributed by atoms with Crippen LogP contribution in [0.25, 0.3) is 11.3 Å². The molecule has 35 heavy (non-hydrogen) atoms. The molecule has 0 aliphatic carbocycles. The second kappa shape index (κ2) is 9.64. The number of oxime groups is 1. The number of halogens is 2. The largest absolute Gasteiger partial charge is 0.388 e. The lowest BCUT2D eigenvalue weighted by Crippen LogP contribution is -2.47. The molecule has 182 valence electrons. The van der Waals surface area contributed by atoms with Crippen LogP contribution in [-0.2, 0) is 16.2 Å². The highest BCUT2D eigenvalue weighted by atomic mass is 35.5. The Hall–Kier alpha value is -2.88. The third-order valence-corrected chi connectivity index (χ3v) is 7.85. The Bertz CT molecular complexity index is 1280. The van der Waals surface area contributed by atoms with Crippen molar-refractivity contribution >= 4 is 52.1 Å². The first-order valence-corrected chi connectivity index (χ1v) is 12.8. The van der Waals surface area contributed by atoms with Crippen LogP contribution in [0.3, 0.4) is 0 Å². The van der Waals surface area contributed by atoms with Crippen LogP contribution in [0.15, 0.2) is 45.4 Å². The van der Waals surface area contributed by atoms with E-state index in [2.05, 4.69) is 15.6 Å². The van der Waals surface area contributed by atoms with Crippen LogP contribution >= 0.6 is 34.5 Å². The Morgan fingerprint density at radius 1 is 1.17 bits per heavy atom. The number of carbonyl (C=O) groups excluding carboxylic acids is 2. The van der Waals surface area contributed by atoms with Crippen LogP contribution in [0.2, 0.25) is 10.0 Å². The van der Waals surface area contributed by atoms with E-state index >= 15 is 0 Å². The number of nitrogens with one attached hydrogen (secondary N) is 1. The van der Waals surface area contributed by atoms with Gasteiger partial charge in [0.25, 0.3) is 11.8 Å². The summed E-state index contributed by atoms with van der Waals surface area (Å²) in [7, 11) is 0. The Kier molecular flexibility index (Phi) is 6.57. The molecule has 2 aromatic heterocycles. The Labute approximate surface area is 215 Å². The molecule has 11 heteroatoms. The molecular weight excluding hydrogens is 511 g/mol. The molecule has 0 atom stereocenters. The highest BCUT2D eigenvalue weighted by Crippen LogP contribution is 2.39. The number of rotatable bonds is 5. The lowest BCUT2D eigenvalue weighted by molar-refractivity contribution is -0.115. The fraction of sp³-hybridized carbons (Fsp3) is 0.333. The number of aromatic nitrogens is 1. The summed E-state index contributed by atoms with van der Waals surface area (Å²) in [6.45, 7) is 3.03. The van der Waals surface area contributed by atoms with Gasteiger partial charge in [-0.25, -0.2) is 0 Å². The number of hydrogen-bond donors (Lipinski definition) is 1. The van der Waals surface area contributed by atoms with Crippen molar-refractivity contribution in [1.82, 2.24) is 15.4 Å². The van der Waals surface area contributed by atoms with E-state index in [1.165, 1.54) is 0 Å². The number of thiophene rings is 1. The van der Waals surface area contributed by atoms with Crippen LogP contribution in [0, 0.1) is 6.92 Å². The molecule has 0 unspecified atom stereocenters.